The van der Waals surface area contributed by atoms with Gasteiger partial charge in [-0.25, -0.2) is 4.98 Å². The number of nitrogens with zero attached hydrogens (tertiary/aromatic N) is 1. The van der Waals surface area contributed by atoms with E-state index in [1.165, 1.54) is 44.2 Å². The van der Waals surface area contributed by atoms with Crippen LogP contribution in [0.5, 0.6) is 0 Å². The fourth-order valence-corrected chi connectivity index (χ4v) is 6.18. The molecule has 0 aliphatic heterocycles. The first-order valence-corrected chi connectivity index (χ1v) is 9.23. The zero-order valence-corrected chi connectivity index (χ0v) is 14.6. The van der Waals surface area contributed by atoms with Gasteiger partial charge in [0.15, 0.2) is 0 Å². The Morgan fingerprint density at radius 3 is 2.24 bits per heavy atom. The highest BCUT2D eigenvalue weighted by atomic mass is 79.9. The summed E-state index contributed by atoms with van der Waals surface area (Å²) in [6.45, 7) is 4.51. The molecule has 4 bridgehead atoms. The minimum absolute atomic E-state index is 0.550. The molecule has 0 radical (unpaired) electrons. The van der Waals surface area contributed by atoms with Gasteiger partial charge in [-0.05, 0) is 104 Å². The van der Waals surface area contributed by atoms with Gasteiger partial charge >= 0.3 is 0 Å². The molecule has 1 aromatic heterocycles. The lowest BCUT2D eigenvalue weighted by molar-refractivity contribution is -0.0602. The molecule has 4 aliphatic carbocycles. The molecule has 0 saturated heterocycles. The van der Waals surface area contributed by atoms with Gasteiger partial charge in [0.1, 0.15) is 4.60 Å². The van der Waals surface area contributed by atoms with Gasteiger partial charge < -0.3 is 5.32 Å². The van der Waals surface area contributed by atoms with Gasteiger partial charge in [0, 0.05) is 6.04 Å². The molecule has 21 heavy (non-hydrogen) atoms. The maximum Gasteiger partial charge on any atom is 0.106 e. The highest BCUT2D eigenvalue weighted by molar-refractivity contribution is 9.10. The van der Waals surface area contributed by atoms with Gasteiger partial charge in [-0.2, -0.15) is 0 Å². The van der Waals surface area contributed by atoms with E-state index in [1.807, 2.05) is 6.07 Å². The van der Waals surface area contributed by atoms with Crippen molar-refractivity contribution in [2.45, 2.75) is 58.4 Å². The van der Waals surface area contributed by atoms with Crippen molar-refractivity contribution in [2.75, 3.05) is 5.32 Å². The summed E-state index contributed by atoms with van der Waals surface area (Å²) in [5, 5.41) is 3.81. The number of pyridine rings is 1. The molecule has 1 heterocycles. The molecule has 5 rings (SSSR count). The van der Waals surface area contributed by atoms with Gasteiger partial charge in [0.05, 0.1) is 11.4 Å². The molecular formula is C18H25BrN2. The summed E-state index contributed by atoms with van der Waals surface area (Å²) in [5.74, 6) is 3.05. The molecule has 4 saturated carbocycles. The molecule has 0 spiro atoms. The molecule has 3 heteroatoms. The van der Waals surface area contributed by atoms with Crippen LogP contribution in [-0.2, 0) is 0 Å². The number of halogens is 1. The van der Waals surface area contributed by atoms with Crippen LogP contribution in [0.15, 0.2) is 16.7 Å². The number of rotatable bonds is 3. The van der Waals surface area contributed by atoms with E-state index < -0.39 is 0 Å². The van der Waals surface area contributed by atoms with Crippen molar-refractivity contribution in [3.05, 3.63) is 22.4 Å². The predicted octanol–water partition coefficient (Wildman–Crippen LogP) is 5.17. The summed E-state index contributed by atoms with van der Waals surface area (Å²) >= 11 is 3.46. The Balaban J connectivity index is 1.56. The zero-order valence-electron chi connectivity index (χ0n) is 13.0. The smallest absolute Gasteiger partial charge is 0.106 e. The zero-order chi connectivity index (χ0) is 14.6. The molecule has 0 amide bonds. The molecule has 4 fully saturated rings. The average molecular weight is 349 g/mol. The van der Waals surface area contributed by atoms with Crippen LogP contribution in [0.3, 0.4) is 0 Å². The standard InChI is InChI=1S/C18H25BrN2/c1-11-16(3-4-17(19)20-11)21-12(2)18-8-13-5-14(9-18)7-15(6-13)10-18/h3-4,12-15,21H,5-10H2,1-2H3. The quantitative estimate of drug-likeness (QED) is 0.762. The lowest BCUT2D eigenvalue weighted by atomic mass is 9.48. The van der Waals surface area contributed by atoms with E-state index in [9.17, 15) is 0 Å². The molecule has 0 aromatic carbocycles. The first-order chi connectivity index (χ1) is 10.0. The maximum atomic E-state index is 4.53. The number of aryl methyl sites for hydroxylation is 1. The van der Waals surface area contributed by atoms with Crippen molar-refractivity contribution in [3.8, 4) is 0 Å². The van der Waals surface area contributed by atoms with Crippen LogP contribution in [0.4, 0.5) is 5.69 Å². The Morgan fingerprint density at radius 2 is 1.71 bits per heavy atom. The van der Waals surface area contributed by atoms with Crippen LogP contribution in [0.2, 0.25) is 0 Å². The monoisotopic (exact) mass is 348 g/mol. The molecule has 2 nitrogen and oxygen atoms in total. The average Bonchev–Trinajstić information content (AvgIpc) is 2.40. The lowest BCUT2D eigenvalue weighted by Crippen LogP contribution is -2.52. The van der Waals surface area contributed by atoms with Crippen molar-refractivity contribution >= 4 is 21.6 Å². The first kappa shape index (κ1) is 14.0. The summed E-state index contributed by atoms with van der Waals surface area (Å²) in [4.78, 5) is 4.53. The fraction of sp³-hybridized carbons (Fsp3) is 0.722. The number of hydrogen-bond donors (Lipinski definition) is 1. The first-order valence-electron chi connectivity index (χ1n) is 8.44. The van der Waals surface area contributed by atoms with Crippen molar-refractivity contribution < 1.29 is 0 Å². The Hall–Kier alpha value is -0.570. The van der Waals surface area contributed by atoms with Crippen LogP contribution in [-0.4, -0.2) is 11.0 Å². The van der Waals surface area contributed by atoms with Gasteiger partial charge in [-0.1, -0.05) is 0 Å². The van der Waals surface area contributed by atoms with Crippen molar-refractivity contribution in [3.63, 3.8) is 0 Å². The number of nitrogens with one attached hydrogen (secondary N) is 1. The van der Waals surface area contributed by atoms with E-state index in [-0.39, 0.29) is 0 Å². The highest BCUT2D eigenvalue weighted by Crippen LogP contribution is 2.61. The Labute approximate surface area is 136 Å². The van der Waals surface area contributed by atoms with E-state index in [4.69, 9.17) is 0 Å². The number of anilines is 1. The molecule has 114 valence electrons. The Kier molecular flexibility index (Phi) is 3.33. The summed E-state index contributed by atoms with van der Waals surface area (Å²) < 4.78 is 0.924. The second-order valence-corrected chi connectivity index (χ2v) is 8.73. The van der Waals surface area contributed by atoms with E-state index in [0.717, 1.165) is 28.1 Å². The minimum atomic E-state index is 0.550. The van der Waals surface area contributed by atoms with E-state index >= 15 is 0 Å². The van der Waals surface area contributed by atoms with Crippen molar-refractivity contribution in [2.24, 2.45) is 23.2 Å². The lowest BCUT2D eigenvalue weighted by Gasteiger charge is -2.59. The fourth-order valence-electron chi connectivity index (χ4n) is 5.78. The molecular weight excluding hydrogens is 324 g/mol. The Morgan fingerprint density at radius 1 is 1.14 bits per heavy atom. The van der Waals surface area contributed by atoms with E-state index in [2.05, 4.69) is 46.1 Å². The minimum Gasteiger partial charge on any atom is -0.381 e. The van der Waals surface area contributed by atoms with E-state index in [1.54, 1.807) is 0 Å². The molecule has 1 atom stereocenters. The SMILES string of the molecule is Cc1nc(Br)ccc1NC(C)C12CC3CC(CC(C3)C1)C2. The third kappa shape index (κ3) is 2.42. The summed E-state index contributed by atoms with van der Waals surface area (Å²) in [6, 6.07) is 4.78. The van der Waals surface area contributed by atoms with Crippen molar-refractivity contribution in [1.82, 2.24) is 4.98 Å². The second kappa shape index (κ2) is 4.97. The third-order valence-corrected chi connectivity index (χ3v) is 6.87. The molecule has 1 N–H and O–H groups in total. The Bertz CT molecular complexity index is 519. The summed E-state index contributed by atoms with van der Waals surface area (Å²) in [5.41, 5.74) is 2.86. The van der Waals surface area contributed by atoms with Crippen LogP contribution in [0, 0.1) is 30.1 Å². The van der Waals surface area contributed by atoms with Crippen LogP contribution < -0.4 is 5.32 Å². The maximum absolute atomic E-state index is 4.53. The van der Waals surface area contributed by atoms with Gasteiger partial charge in [0.25, 0.3) is 0 Å². The van der Waals surface area contributed by atoms with E-state index in [0.29, 0.717) is 11.5 Å². The second-order valence-electron chi connectivity index (χ2n) is 7.91. The van der Waals surface area contributed by atoms with Gasteiger partial charge in [-0.15, -0.1) is 0 Å². The number of aromatic nitrogens is 1. The summed E-state index contributed by atoms with van der Waals surface area (Å²) in [7, 11) is 0. The van der Waals surface area contributed by atoms with Crippen LogP contribution in [0.25, 0.3) is 0 Å². The molecule has 1 unspecified atom stereocenters. The summed E-state index contributed by atoms with van der Waals surface area (Å²) in [6.07, 6.45) is 8.92. The topological polar surface area (TPSA) is 24.9 Å². The predicted molar refractivity (Wildman–Crippen MR) is 90.4 cm³/mol. The molecule has 4 aliphatic rings. The van der Waals surface area contributed by atoms with Crippen LogP contribution in [0.1, 0.15) is 51.1 Å². The number of hydrogen-bond acceptors (Lipinski definition) is 2. The van der Waals surface area contributed by atoms with Crippen LogP contribution >= 0.6 is 15.9 Å². The van der Waals surface area contributed by atoms with Gasteiger partial charge in [-0.3, -0.25) is 0 Å². The molecule has 1 aromatic rings. The van der Waals surface area contributed by atoms with Gasteiger partial charge in [0.2, 0.25) is 0 Å². The normalized spacial score (nSPS) is 38.5. The third-order valence-electron chi connectivity index (χ3n) is 6.43. The highest BCUT2D eigenvalue weighted by Gasteiger charge is 2.53. The largest absolute Gasteiger partial charge is 0.381 e. The van der Waals surface area contributed by atoms with Crippen molar-refractivity contribution in [1.29, 1.82) is 0 Å².